The standard InChI is InChI=1S/C22H30FN7O.C15H22ClFN4O2.C12H17N3O.C11H22N2O2.C4HCl2FN2/c1-16(31)28-10-12-29(13-11-28)19-4-2-18(3-5-19)26-22-25-15-20(23)21(27-22)30-8-6-17(14-24)7-9-30;1-15(2,3)23-14(22)19-8-10-4-6-21(7-5-10)12-11(17)9-18-13(16)20-12;1-10(16)14-6-8-15(9-7-14)12-4-2-11(13)3-5-12;1-11(2,3)15-10(14)13-8-9-4-6-12-7-5-9;5-3-2(7)1-8-4(6)9-3/h2-5,15,17H,6-14,24H2,1H3,(H,25,26,27);9-10H,4-8H2,1-3H3,(H,19,22);2-5H,6-9,13H2,1H3;9,12H,4-8H2,1-3H3,(H,13,14);1H. The van der Waals surface area contributed by atoms with Gasteiger partial charge in [0.1, 0.15) is 11.2 Å². The summed E-state index contributed by atoms with van der Waals surface area (Å²) in [6.45, 7) is 27.7. The molecule has 0 saturated carbocycles. The Balaban J connectivity index is 0.000000197. The van der Waals surface area contributed by atoms with Crippen molar-refractivity contribution in [3.8, 4) is 0 Å². The van der Waals surface area contributed by atoms with E-state index in [2.05, 4.69) is 61.0 Å². The first kappa shape index (κ1) is 75.6. The zero-order valence-corrected chi connectivity index (χ0v) is 57.4. The highest BCUT2D eigenvalue weighted by molar-refractivity contribution is 6.31. The van der Waals surface area contributed by atoms with Crippen molar-refractivity contribution in [2.45, 2.75) is 105 Å². The number of carbonyl (C=O) groups excluding carboxylic acids is 4. The number of nitrogens with one attached hydrogen (secondary N) is 4. The van der Waals surface area contributed by atoms with Crippen LogP contribution < -0.4 is 52.3 Å². The van der Waals surface area contributed by atoms with Crippen LogP contribution in [-0.4, -0.2) is 186 Å². The van der Waals surface area contributed by atoms with E-state index in [4.69, 9.17) is 55.7 Å². The van der Waals surface area contributed by atoms with E-state index < -0.39 is 34.7 Å². The predicted molar refractivity (Wildman–Crippen MR) is 364 cm³/mol. The summed E-state index contributed by atoms with van der Waals surface area (Å²) in [5, 5.41) is 11.8. The first-order valence-corrected chi connectivity index (χ1v) is 32.9. The van der Waals surface area contributed by atoms with Crippen LogP contribution in [-0.2, 0) is 19.1 Å². The number of anilines is 7. The van der Waals surface area contributed by atoms with Crippen molar-refractivity contribution in [1.82, 2.24) is 55.7 Å². The lowest BCUT2D eigenvalue weighted by Gasteiger charge is -2.35. The number of rotatable bonds is 11. The van der Waals surface area contributed by atoms with E-state index in [-0.39, 0.29) is 39.4 Å². The van der Waals surface area contributed by atoms with Crippen molar-refractivity contribution in [2.24, 2.45) is 23.5 Å². The molecule has 0 unspecified atom stereocenters. The molecule has 30 heteroatoms. The molecule has 8 N–H and O–H groups in total. The molecule has 5 saturated heterocycles. The van der Waals surface area contributed by atoms with Gasteiger partial charge < -0.3 is 71.6 Å². The Morgan fingerprint density at radius 1 is 0.543 bits per heavy atom. The molecule has 2 aromatic carbocycles. The Bertz CT molecular complexity index is 3170. The number of halogens is 6. The van der Waals surface area contributed by atoms with E-state index in [1.54, 1.807) is 13.8 Å². The lowest BCUT2D eigenvalue weighted by atomic mass is 9.97. The number of hydrogen-bond acceptors (Lipinski definition) is 20. The van der Waals surface area contributed by atoms with Gasteiger partial charge in [0, 0.05) is 128 Å². The third-order valence-corrected chi connectivity index (χ3v) is 16.4. The number of benzene rings is 2. The van der Waals surface area contributed by atoms with Crippen LogP contribution in [0.3, 0.4) is 0 Å². The average Bonchev–Trinajstić information content (AvgIpc) is 0.874. The average molecular weight is 1370 g/mol. The molecule has 0 radical (unpaired) electrons. The number of amides is 4. The van der Waals surface area contributed by atoms with Gasteiger partial charge in [-0.05, 0) is 189 Å². The van der Waals surface area contributed by atoms with E-state index in [0.29, 0.717) is 55.7 Å². The van der Waals surface area contributed by atoms with Gasteiger partial charge in [0.15, 0.2) is 34.2 Å². The van der Waals surface area contributed by atoms with Gasteiger partial charge in [-0.15, -0.1) is 0 Å². The van der Waals surface area contributed by atoms with E-state index in [0.717, 1.165) is 153 Å². The molecular formula is C64H92Cl3F3N18O6. The highest BCUT2D eigenvalue weighted by Crippen LogP contribution is 2.28. The summed E-state index contributed by atoms with van der Waals surface area (Å²) < 4.78 is 50.7. The molecular weight excluding hydrogens is 1280 g/mol. The second kappa shape index (κ2) is 37.0. The first-order valence-electron chi connectivity index (χ1n) is 31.7. The molecule has 8 heterocycles. The van der Waals surface area contributed by atoms with Crippen molar-refractivity contribution in [3.63, 3.8) is 0 Å². The summed E-state index contributed by atoms with van der Waals surface area (Å²) in [6, 6.07) is 15.9. The van der Waals surface area contributed by atoms with Gasteiger partial charge in [-0.3, -0.25) is 9.59 Å². The summed E-state index contributed by atoms with van der Waals surface area (Å²) >= 11 is 16.2. The molecule has 0 atom stereocenters. The van der Waals surface area contributed by atoms with Crippen LogP contribution in [0.15, 0.2) is 67.1 Å². The molecule has 94 heavy (non-hydrogen) atoms. The van der Waals surface area contributed by atoms with E-state index in [1.807, 2.05) is 110 Å². The minimum absolute atomic E-state index is 0.0371. The first-order chi connectivity index (χ1) is 44.6. The summed E-state index contributed by atoms with van der Waals surface area (Å²) in [7, 11) is 0. The topological polar surface area (TPSA) is 284 Å². The summed E-state index contributed by atoms with van der Waals surface area (Å²) in [5.74, 6) is 1.13. The van der Waals surface area contributed by atoms with Crippen LogP contribution in [0.1, 0.15) is 93.9 Å². The number of nitrogens with two attached hydrogens (primary N) is 2. The monoisotopic (exact) mass is 1370 g/mol. The molecule has 10 rings (SSSR count). The Labute approximate surface area is 564 Å². The minimum atomic E-state index is -0.666. The fourth-order valence-electron chi connectivity index (χ4n) is 10.6. The fraction of sp³-hybridized carbons (Fsp3) is 0.562. The molecule has 4 amide bonds. The normalized spacial score (nSPS) is 16.5. The summed E-state index contributed by atoms with van der Waals surface area (Å²) in [6.07, 6.45) is 8.34. The molecule has 5 aromatic rings. The number of alkyl carbamates (subject to hydrolysis) is 2. The van der Waals surface area contributed by atoms with Gasteiger partial charge in [0.25, 0.3) is 0 Å². The molecule has 0 spiro atoms. The quantitative estimate of drug-likeness (QED) is 0.0408. The maximum absolute atomic E-state index is 14.4. The van der Waals surface area contributed by atoms with Crippen LogP contribution in [0.5, 0.6) is 0 Å². The summed E-state index contributed by atoms with van der Waals surface area (Å²) in [4.78, 5) is 80.5. The van der Waals surface area contributed by atoms with Crippen molar-refractivity contribution in [1.29, 1.82) is 0 Å². The van der Waals surface area contributed by atoms with Crippen molar-refractivity contribution < 1.29 is 41.8 Å². The molecule has 516 valence electrons. The zero-order valence-electron chi connectivity index (χ0n) is 55.1. The van der Waals surface area contributed by atoms with Crippen molar-refractivity contribution in [3.05, 3.63) is 100 Å². The summed E-state index contributed by atoms with van der Waals surface area (Å²) in [5.41, 5.74) is 14.4. The van der Waals surface area contributed by atoms with Gasteiger partial charge in [0.2, 0.25) is 28.3 Å². The maximum Gasteiger partial charge on any atom is 0.407 e. The number of carbonyl (C=O) groups is 4. The highest BCUT2D eigenvalue weighted by atomic mass is 35.5. The number of aromatic nitrogens is 6. The molecule has 5 aliphatic heterocycles. The van der Waals surface area contributed by atoms with Gasteiger partial charge >= 0.3 is 12.2 Å². The molecule has 5 aliphatic rings. The van der Waals surface area contributed by atoms with Crippen molar-refractivity contribution >= 4 is 99.1 Å². The molecule has 24 nitrogen and oxygen atoms in total. The van der Waals surface area contributed by atoms with Crippen LogP contribution in [0, 0.1) is 35.2 Å². The number of nitrogens with zero attached hydrogens (tertiary/aromatic N) is 12. The number of ether oxygens (including phenoxy) is 2. The number of piperidine rings is 3. The Kier molecular flexibility index (Phi) is 29.7. The fourth-order valence-corrected chi connectivity index (χ4v) is 11.0. The Hall–Kier alpha value is -7.46. The largest absolute Gasteiger partial charge is 0.444 e. The highest BCUT2D eigenvalue weighted by Gasteiger charge is 2.27. The van der Waals surface area contributed by atoms with E-state index in [9.17, 15) is 32.3 Å². The lowest BCUT2D eigenvalue weighted by Crippen LogP contribution is -2.48. The third kappa shape index (κ3) is 26.4. The van der Waals surface area contributed by atoms with Gasteiger partial charge in [-0.25, -0.2) is 42.7 Å². The molecule has 5 fully saturated rings. The van der Waals surface area contributed by atoms with Crippen molar-refractivity contribution in [2.75, 3.05) is 142 Å². The second-order valence-corrected chi connectivity index (χ2v) is 26.3. The zero-order chi connectivity index (χ0) is 68.5. The predicted octanol–water partition coefficient (Wildman–Crippen LogP) is 9.58. The Morgan fingerprint density at radius 3 is 1.37 bits per heavy atom. The minimum Gasteiger partial charge on any atom is -0.444 e. The number of nitrogen functional groups attached to an aromatic ring is 1. The smallest absolute Gasteiger partial charge is 0.407 e. The second-order valence-electron chi connectivity index (χ2n) is 25.3. The van der Waals surface area contributed by atoms with Crippen LogP contribution in [0.4, 0.5) is 63.1 Å². The maximum atomic E-state index is 14.4. The van der Waals surface area contributed by atoms with Crippen LogP contribution >= 0.6 is 34.8 Å². The van der Waals surface area contributed by atoms with Crippen LogP contribution in [0.2, 0.25) is 15.7 Å². The van der Waals surface area contributed by atoms with E-state index in [1.165, 1.54) is 11.9 Å². The van der Waals surface area contributed by atoms with Gasteiger partial charge in [-0.1, -0.05) is 11.6 Å². The van der Waals surface area contributed by atoms with Crippen LogP contribution in [0.25, 0.3) is 0 Å². The SMILES string of the molecule is CC(=O)N1CCN(c2ccc(N)cc2)CC1.CC(=O)N1CCN(c2ccc(Nc3ncc(F)c(N4CCC(CN)CC4)n3)cc2)CC1.CC(C)(C)OC(=O)NCC1CCN(c2nc(Cl)ncc2F)CC1.CC(C)(C)OC(=O)NCC1CCNCC1.Fc1cnc(Cl)nc1Cl. The molecule has 0 aliphatic carbocycles. The van der Waals surface area contributed by atoms with Gasteiger partial charge in [-0.2, -0.15) is 9.97 Å². The van der Waals surface area contributed by atoms with Gasteiger partial charge in [0.05, 0.1) is 18.6 Å². The number of piperazine rings is 2. The third-order valence-electron chi connectivity index (χ3n) is 15.8. The number of hydrogen-bond donors (Lipinski definition) is 6. The Morgan fingerprint density at radius 2 is 0.947 bits per heavy atom. The molecule has 3 aromatic heterocycles. The lowest BCUT2D eigenvalue weighted by molar-refractivity contribution is -0.129. The molecule has 0 bridgehead atoms. The van der Waals surface area contributed by atoms with E-state index >= 15 is 0 Å².